The highest BCUT2D eigenvalue weighted by Gasteiger charge is 2.46. The number of rotatable bonds is 8. The summed E-state index contributed by atoms with van der Waals surface area (Å²) in [6, 6.07) is 27.9. The molecular formula is C35H29FN2O4. The Balaban J connectivity index is 1.37. The average Bonchev–Trinajstić information content (AvgIpc) is 3.54. The number of aliphatic hydroxyl groups is 1. The molecule has 1 saturated heterocycles. The normalized spacial score (nSPS) is 16.3. The van der Waals surface area contributed by atoms with Gasteiger partial charge in [0.2, 0.25) is 0 Å². The molecular weight excluding hydrogens is 531 g/mol. The van der Waals surface area contributed by atoms with Crippen molar-refractivity contribution in [2.45, 2.75) is 26.0 Å². The van der Waals surface area contributed by atoms with E-state index < -0.39 is 17.7 Å². The summed E-state index contributed by atoms with van der Waals surface area (Å²) < 4.78 is 19.5. The zero-order chi connectivity index (χ0) is 29.2. The Hall–Kier alpha value is -5.17. The third kappa shape index (κ3) is 5.17. The molecule has 210 valence electrons. The molecule has 0 spiro atoms. The molecule has 1 unspecified atom stereocenters. The van der Waals surface area contributed by atoms with E-state index >= 15 is 0 Å². The van der Waals surface area contributed by atoms with Crippen molar-refractivity contribution < 1.29 is 23.8 Å². The molecule has 6 nitrogen and oxygen atoms in total. The SMILES string of the molecule is Cc1cc(/C(O)=C2\C(=O)C(=O)N(CCc3ccc(F)cc3)C2c2c[nH]c3ccccc23)ccc1OCc1ccccc1. The van der Waals surface area contributed by atoms with Gasteiger partial charge in [0, 0.05) is 34.8 Å². The lowest BCUT2D eigenvalue weighted by Gasteiger charge is -2.25. The molecule has 4 aromatic carbocycles. The number of ether oxygens (including phenoxy) is 1. The number of hydrogen-bond acceptors (Lipinski definition) is 4. The average molecular weight is 561 g/mol. The Morgan fingerprint density at radius 1 is 0.929 bits per heavy atom. The lowest BCUT2D eigenvalue weighted by atomic mass is 9.94. The van der Waals surface area contributed by atoms with Crippen LogP contribution in [-0.2, 0) is 22.6 Å². The van der Waals surface area contributed by atoms with Crippen LogP contribution < -0.4 is 4.74 Å². The van der Waals surface area contributed by atoms with Crippen molar-refractivity contribution in [2.75, 3.05) is 6.54 Å². The van der Waals surface area contributed by atoms with Gasteiger partial charge >= 0.3 is 0 Å². The molecule has 5 aromatic rings. The monoisotopic (exact) mass is 560 g/mol. The Kier molecular flexibility index (Phi) is 7.32. The fourth-order valence-corrected chi connectivity index (χ4v) is 5.50. The zero-order valence-electron chi connectivity index (χ0n) is 23.0. The number of fused-ring (bicyclic) bond motifs is 1. The molecule has 0 bridgehead atoms. The molecule has 1 aliphatic rings. The first kappa shape index (κ1) is 27.0. The van der Waals surface area contributed by atoms with E-state index in [1.165, 1.54) is 17.0 Å². The molecule has 1 atom stereocenters. The third-order valence-electron chi connectivity index (χ3n) is 7.70. The largest absolute Gasteiger partial charge is 0.507 e. The number of amides is 1. The number of halogens is 1. The fraction of sp³-hybridized carbons (Fsp3) is 0.143. The number of nitrogens with zero attached hydrogens (tertiary/aromatic N) is 1. The number of aryl methyl sites for hydroxylation is 1. The highest BCUT2D eigenvalue weighted by molar-refractivity contribution is 6.46. The van der Waals surface area contributed by atoms with Gasteiger partial charge in [-0.25, -0.2) is 4.39 Å². The summed E-state index contributed by atoms with van der Waals surface area (Å²) >= 11 is 0. The number of aliphatic hydroxyl groups excluding tert-OH is 1. The number of hydrogen-bond donors (Lipinski definition) is 2. The van der Waals surface area contributed by atoms with Gasteiger partial charge in [0.25, 0.3) is 11.7 Å². The molecule has 1 fully saturated rings. The fourth-order valence-electron chi connectivity index (χ4n) is 5.50. The molecule has 1 amide bonds. The minimum absolute atomic E-state index is 0.0289. The zero-order valence-corrected chi connectivity index (χ0v) is 23.0. The van der Waals surface area contributed by atoms with E-state index in [0.717, 1.165) is 27.6 Å². The van der Waals surface area contributed by atoms with Gasteiger partial charge in [-0.1, -0.05) is 60.7 Å². The van der Waals surface area contributed by atoms with E-state index in [1.54, 1.807) is 36.5 Å². The van der Waals surface area contributed by atoms with Gasteiger partial charge in [0.15, 0.2) is 0 Å². The maximum absolute atomic E-state index is 13.5. The Morgan fingerprint density at radius 3 is 2.43 bits per heavy atom. The van der Waals surface area contributed by atoms with E-state index in [1.807, 2.05) is 61.5 Å². The number of ketones is 1. The van der Waals surface area contributed by atoms with Gasteiger partial charge in [-0.15, -0.1) is 0 Å². The Bertz CT molecular complexity index is 1810. The molecule has 42 heavy (non-hydrogen) atoms. The van der Waals surface area contributed by atoms with Crippen LogP contribution in [0.1, 0.15) is 33.9 Å². The summed E-state index contributed by atoms with van der Waals surface area (Å²) in [6.07, 6.45) is 2.20. The van der Waals surface area contributed by atoms with Crippen LogP contribution in [0.2, 0.25) is 0 Å². The van der Waals surface area contributed by atoms with Gasteiger partial charge < -0.3 is 19.7 Å². The summed E-state index contributed by atoms with van der Waals surface area (Å²) in [5, 5.41) is 12.4. The van der Waals surface area contributed by atoms with Crippen molar-refractivity contribution in [1.29, 1.82) is 0 Å². The van der Waals surface area contributed by atoms with Crippen molar-refractivity contribution in [3.05, 3.63) is 142 Å². The third-order valence-corrected chi connectivity index (χ3v) is 7.70. The van der Waals surface area contributed by atoms with Crippen molar-refractivity contribution in [1.82, 2.24) is 9.88 Å². The van der Waals surface area contributed by atoms with Crippen LogP contribution in [0.4, 0.5) is 4.39 Å². The number of nitrogens with one attached hydrogen (secondary N) is 1. The first-order valence-corrected chi connectivity index (χ1v) is 13.8. The quantitative estimate of drug-likeness (QED) is 0.123. The van der Waals surface area contributed by atoms with E-state index in [2.05, 4.69) is 4.98 Å². The number of Topliss-reactive ketones (excluding diaryl/α,β-unsaturated/α-hetero) is 1. The number of benzene rings is 4. The number of carbonyl (C=O) groups is 2. The molecule has 2 N–H and O–H groups in total. The number of likely N-dealkylation sites (tertiary alicyclic amines) is 1. The van der Waals surface area contributed by atoms with Crippen LogP contribution in [0.25, 0.3) is 16.7 Å². The highest BCUT2D eigenvalue weighted by atomic mass is 19.1. The molecule has 1 aromatic heterocycles. The lowest BCUT2D eigenvalue weighted by Crippen LogP contribution is -2.31. The van der Waals surface area contributed by atoms with Gasteiger partial charge in [-0.3, -0.25) is 9.59 Å². The second-order valence-electron chi connectivity index (χ2n) is 10.4. The molecule has 6 rings (SSSR count). The van der Waals surface area contributed by atoms with Crippen molar-refractivity contribution in [3.8, 4) is 5.75 Å². The topological polar surface area (TPSA) is 82.6 Å². The van der Waals surface area contributed by atoms with E-state index in [0.29, 0.717) is 29.9 Å². The van der Waals surface area contributed by atoms with Gasteiger partial charge in [0.1, 0.15) is 23.9 Å². The second-order valence-corrected chi connectivity index (χ2v) is 10.4. The molecule has 0 aliphatic carbocycles. The summed E-state index contributed by atoms with van der Waals surface area (Å²) in [5.41, 5.74) is 4.66. The summed E-state index contributed by atoms with van der Waals surface area (Å²) in [7, 11) is 0. The molecule has 1 aliphatic heterocycles. The maximum Gasteiger partial charge on any atom is 0.295 e. The molecule has 7 heteroatoms. The molecule has 2 heterocycles. The first-order valence-electron chi connectivity index (χ1n) is 13.8. The Morgan fingerprint density at radius 2 is 1.67 bits per heavy atom. The maximum atomic E-state index is 13.5. The van der Waals surface area contributed by atoms with Gasteiger partial charge in [-0.05, 0) is 66.4 Å². The first-order chi connectivity index (χ1) is 20.4. The van der Waals surface area contributed by atoms with E-state index in [4.69, 9.17) is 4.74 Å². The van der Waals surface area contributed by atoms with E-state index in [-0.39, 0.29) is 23.7 Å². The summed E-state index contributed by atoms with van der Waals surface area (Å²) in [5.74, 6) is -1.36. The number of H-pyrrole nitrogens is 1. The second kappa shape index (κ2) is 11.4. The minimum atomic E-state index is -0.809. The predicted molar refractivity (Wildman–Crippen MR) is 159 cm³/mol. The van der Waals surface area contributed by atoms with Crippen molar-refractivity contribution in [3.63, 3.8) is 0 Å². The number of aromatic amines is 1. The van der Waals surface area contributed by atoms with Crippen molar-refractivity contribution in [2.24, 2.45) is 0 Å². The van der Waals surface area contributed by atoms with Gasteiger partial charge in [0.05, 0.1) is 11.6 Å². The van der Waals surface area contributed by atoms with Crippen LogP contribution in [0.3, 0.4) is 0 Å². The minimum Gasteiger partial charge on any atom is -0.507 e. The smallest absolute Gasteiger partial charge is 0.295 e. The molecule has 0 radical (unpaired) electrons. The Labute approximate surface area is 242 Å². The lowest BCUT2D eigenvalue weighted by molar-refractivity contribution is -0.139. The summed E-state index contributed by atoms with van der Waals surface area (Å²) in [6.45, 7) is 2.48. The number of carbonyl (C=O) groups excluding carboxylic acids is 2. The highest BCUT2D eigenvalue weighted by Crippen LogP contribution is 2.42. The van der Waals surface area contributed by atoms with Crippen LogP contribution >= 0.6 is 0 Å². The predicted octanol–water partition coefficient (Wildman–Crippen LogP) is 6.86. The van der Waals surface area contributed by atoms with Crippen LogP contribution in [0, 0.1) is 12.7 Å². The van der Waals surface area contributed by atoms with Crippen LogP contribution in [-0.4, -0.2) is 33.2 Å². The van der Waals surface area contributed by atoms with Gasteiger partial charge in [-0.2, -0.15) is 0 Å². The number of para-hydroxylation sites is 1. The summed E-state index contributed by atoms with van der Waals surface area (Å²) in [4.78, 5) is 31.7. The standard InChI is InChI=1S/C35H29FN2O4/c1-22-19-25(13-16-30(22)42-21-24-7-3-2-4-8-24)33(39)31-32(28-20-37-29-10-6-5-9-27(28)29)38(35(41)34(31)40)18-17-23-11-14-26(36)15-12-23/h2-16,19-20,32,37,39H,17-18,21H2,1H3/b33-31+. The molecule has 0 saturated carbocycles. The van der Waals surface area contributed by atoms with E-state index in [9.17, 15) is 19.1 Å². The van der Waals surface area contributed by atoms with Crippen LogP contribution in [0.15, 0.2) is 109 Å². The van der Waals surface area contributed by atoms with Crippen molar-refractivity contribution >= 4 is 28.4 Å². The number of aromatic nitrogens is 1. The van der Waals surface area contributed by atoms with Crippen LogP contribution in [0.5, 0.6) is 5.75 Å².